The van der Waals surface area contributed by atoms with E-state index in [9.17, 15) is 9.59 Å². The van der Waals surface area contributed by atoms with E-state index in [2.05, 4.69) is 29.0 Å². The average molecular weight is 557 g/mol. The molecule has 3 aromatic rings. The minimum absolute atomic E-state index is 0.0996. The molecule has 4 rings (SSSR count). The second kappa shape index (κ2) is 12.5. The van der Waals surface area contributed by atoms with Gasteiger partial charge < -0.3 is 19.5 Å². The molecule has 1 aliphatic carbocycles. The maximum atomic E-state index is 13.0. The first kappa shape index (κ1) is 27.7. The van der Waals surface area contributed by atoms with Gasteiger partial charge in [0.2, 0.25) is 5.91 Å². The van der Waals surface area contributed by atoms with Crippen molar-refractivity contribution >= 4 is 40.0 Å². The van der Waals surface area contributed by atoms with Crippen LogP contribution in [0.25, 0.3) is 11.4 Å². The van der Waals surface area contributed by atoms with Gasteiger partial charge >= 0.3 is 5.97 Å². The summed E-state index contributed by atoms with van der Waals surface area (Å²) in [6.07, 6.45) is 4.48. The van der Waals surface area contributed by atoms with Gasteiger partial charge in [-0.15, -0.1) is 28.1 Å². The molecule has 0 bridgehead atoms. The molecule has 1 amide bonds. The zero-order chi connectivity index (χ0) is 27.2. The van der Waals surface area contributed by atoms with E-state index < -0.39 is 0 Å². The van der Waals surface area contributed by atoms with Crippen LogP contribution < -0.4 is 14.8 Å². The SMILES string of the molecule is C=CCn1c(SCC(=O)Nc2sc3c(c2C(=O)OCC)CCC(C)C3)nnc1-c1ccc(OC)c(OC)c1. The maximum Gasteiger partial charge on any atom is 0.341 e. The Hall–Kier alpha value is -3.31. The summed E-state index contributed by atoms with van der Waals surface area (Å²) >= 11 is 2.75. The highest BCUT2D eigenvalue weighted by atomic mass is 32.2. The fraction of sp³-hybridized carbons (Fsp3) is 0.407. The summed E-state index contributed by atoms with van der Waals surface area (Å²) in [7, 11) is 3.16. The van der Waals surface area contributed by atoms with Crippen LogP contribution in [-0.4, -0.2) is 53.2 Å². The molecule has 202 valence electrons. The summed E-state index contributed by atoms with van der Waals surface area (Å²) in [4.78, 5) is 26.9. The second-order valence-corrected chi connectivity index (χ2v) is 10.9. The van der Waals surface area contributed by atoms with E-state index in [0.717, 1.165) is 35.3 Å². The lowest BCUT2D eigenvalue weighted by atomic mass is 9.88. The predicted octanol–water partition coefficient (Wildman–Crippen LogP) is 5.24. The fourth-order valence-corrected chi connectivity index (χ4v) is 6.59. The number of amides is 1. The van der Waals surface area contributed by atoms with Gasteiger partial charge in [-0.1, -0.05) is 24.8 Å². The van der Waals surface area contributed by atoms with E-state index in [4.69, 9.17) is 14.2 Å². The van der Waals surface area contributed by atoms with Crippen molar-refractivity contribution in [2.45, 2.75) is 44.8 Å². The number of hydrogen-bond donors (Lipinski definition) is 1. The van der Waals surface area contributed by atoms with Gasteiger partial charge in [0.25, 0.3) is 0 Å². The molecular weight excluding hydrogens is 524 g/mol. The third-order valence-corrected chi connectivity index (χ3v) is 8.38. The Kier molecular flexibility index (Phi) is 9.11. The molecule has 2 aromatic heterocycles. The topological polar surface area (TPSA) is 105 Å². The molecule has 1 aliphatic rings. The number of fused-ring (bicyclic) bond motifs is 1. The molecule has 1 N–H and O–H groups in total. The number of ether oxygens (including phenoxy) is 3. The summed E-state index contributed by atoms with van der Waals surface area (Å²) < 4.78 is 18.0. The number of rotatable bonds is 11. The number of methoxy groups -OCH3 is 2. The number of esters is 1. The quantitative estimate of drug-likeness (QED) is 0.194. The first-order valence-corrected chi connectivity index (χ1v) is 14.2. The van der Waals surface area contributed by atoms with Crippen LogP contribution in [-0.2, 0) is 28.9 Å². The van der Waals surface area contributed by atoms with Crippen LogP contribution >= 0.6 is 23.1 Å². The number of carbonyl (C=O) groups excluding carboxylic acids is 2. The van der Waals surface area contributed by atoms with Crippen LogP contribution in [0.3, 0.4) is 0 Å². The number of thiophene rings is 1. The number of benzene rings is 1. The predicted molar refractivity (Wildman–Crippen MR) is 150 cm³/mol. The fourth-order valence-electron chi connectivity index (χ4n) is 4.43. The largest absolute Gasteiger partial charge is 0.493 e. The molecule has 0 aliphatic heterocycles. The minimum atomic E-state index is -0.382. The number of carbonyl (C=O) groups is 2. The molecule has 1 unspecified atom stereocenters. The van der Waals surface area contributed by atoms with Crippen LogP contribution in [0.5, 0.6) is 11.5 Å². The Balaban J connectivity index is 1.52. The highest BCUT2D eigenvalue weighted by Crippen LogP contribution is 2.40. The van der Waals surface area contributed by atoms with E-state index in [0.29, 0.717) is 45.5 Å². The van der Waals surface area contributed by atoms with Gasteiger partial charge in [-0.2, -0.15) is 0 Å². The summed E-state index contributed by atoms with van der Waals surface area (Å²) in [6.45, 7) is 8.58. The third kappa shape index (κ3) is 5.88. The number of hydrogen-bond acceptors (Lipinski definition) is 9. The van der Waals surface area contributed by atoms with E-state index in [1.54, 1.807) is 27.2 Å². The molecule has 0 fully saturated rings. The zero-order valence-electron chi connectivity index (χ0n) is 22.0. The standard InChI is InChI=1S/C27H32N4O5S2/c1-6-12-31-24(17-9-11-19(34-4)20(14-17)35-5)29-30-27(31)37-15-22(32)28-25-23(26(33)36-7-2)18-10-8-16(3)13-21(18)38-25/h6,9,11,14,16H,1,7-8,10,12-13,15H2,2-5H3,(H,28,32). The van der Waals surface area contributed by atoms with Gasteiger partial charge in [0, 0.05) is 17.0 Å². The number of allylic oxidation sites excluding steroid dienone is 1. The van der Waals surface area contributed by atoms with Crippen molar-refractivity contribution in [3.63, 3.8) is 0 Å². The third-order valence-electron chi connectivity index (χ3n) is 6.25. The van der Waals surface area contributed by atoms with Crippen molar-refractivity contribution in [3.05, 3.63) is 46.9 Å². The molecular formula is C27H32N4O5S2. The van der Waals surface area contributed by atoms with E-state index in [1.807, 2.05) is 22.8 Å². The molecule has 0 radical (unpaired) electrons. The van der Waals surface area contributed by atoms with Crippen molar-refractivity contribution in [2.24, 2.45) is 5.92 Å². The molecule has 1 atom stereocenters. The average Bonchev–Trinajstić information content (AvgIpc) is 3.47. The van der Waals surface area contributed by atoms with Gasteiger partial charge in [0.15, 0.2) is 22.5 Å². The van der Waals surface area contributed by atoms with Gasteiger partial charge in [-0.3, -0.25) is 9.36 Å². The molecule has 11 heteroatoms. The molecule has 0 saturated heterocycles. The highest BCUT2D eigenvalue weighted by Gasteiger charge is 2.29. The van der Waals surface area contributed by atoms with Crippen molar-refractivity contribution in [1.82, 2.24) is 14.8 Å². The van der Waals surface area contributed by atoms with Crippen molar-refractivity contribution in [1.29, 1.82) is 0 Å². The second-order valence-electron chi connectivity index (χ2n) is 8.89. The van der Waals surface area contributed by atoms with Crippen LogP contribution in [0, 0.1) is 5.92 Å². The minimum Gasteiger partial charge on any atom is -0.493 e. The molecule has 2 heterocycles. The van der Waals surface area contributed by atoms with Crippen LogP contribution in [0.1, 0.15) is 41.1 Å². The van der Waals surface area contributed by atoms with Crippen molar-refractivity contribution in [3.8, 4) is 22.9 Å². The number of thioether (sulfide) groups is 1. The Morgan fingerprint density at radius 1 is 1.26 bits per heavy atom. The van der Waals surface area contributed by atoms with Crippen molar-refractivity contribution in [2.75, 3.05) is 31.9 Å². The molecule has 0 spiro atoms. The maximum absolute atomic E-state index is 13.0. The first-order chi connectivity index (χ1) is 18.4. The van der Waals surface area contributed by atoms with E-state index in [1.165, 1.54) is 23.1 Å². The number of nitrogens with one attached hydrogen (secondary N) is 1. The number of aromatic nitrogens is 3. The highest BCUT2D eigenvalue weighted by molar-refractivity contribution is 7.99. The Morgan fingerprint density at radius 3 is 2.76 bits per heavy atom. The lowest BCUT2D eigenvalue weighted by molar-refractivity contribution is -0.113. The van der Waals surface area contributed by atoms with Gasteiger partial charge in [-0.25, -0.2) is 4.79 Å². The summed E-state index contributed by atoms with van der Waals surface area (Å²) in [5, 5.41) is 12.8. The molecule has 0 saturated carbocycles. The molecule has 1 aromatic carbocycles. The normalized spacial score (nSPS) is 14.5. The molecule has 9 nitrogen and oxygen atoms in total. The summed E-state index contributed by atoms with van der Waals surface area (Å²) in [6, 6.07) is 5.52. The van der Waals surface area contributed by atoms with Crippen LogP contribution in [0.4, 0.5) is 5.00 Å². The zero-order valence-corrected chi connectivity index (χ0v) is 23.7. The van der Waals surface area contributed by atoms with Crippen LogP contribution in [0.2, 0.25) is 0 Å². The molecule has 38 heavy (non-hydrogen) atoms. The first-order valence-electron chi connectivity index (χ1n) is 12.4. The van der Waals surface area contributed by atoms with Gasteiger partial charge in [0.1, 0.15) is 5.00 Å². The Bertz CT molecular complexity index is 1330. The van der Waals surface area contributed by atoms with Crippen molar-refractivity contribution < 1.29 is 23.8 Å². The smallest absolute Gasteiger partial charge is 0.341 e. The summed E-state index contributed by atoms with van der Waals surface area (Å²) in [5.41, 5.74) is 2.31. The number of nitrogens with zero attached hydrogens (tertiary/aromatic N) is 3. The number of anilines is 1. The van der Waals surface area contributed by atoms with Gasteiger partial charge in [0.05, 0.1) is 32.1 Å². The van der Waals surface area contributed by atoms with Crippen LogP contribution in [0.15, 0.2) is 36.0 Å². The van der Waals surface area contributed by atoms with E-state index in [-0.39, 0.29) is 24.2 Å². The monoisotopic (exact) mass is 556 g/mol. The van der Waals surface area contributed by atoms with E-state index >= 15 is 0 Å². The lowest BCUT2D eigenvalue weighted by Gasteiger charge is -2.18. The summed E-state index contributed by atoms with van der Waals surface area (Å²) in [5.74, 6) is 1.86. The Labute approximate surface area is 230 Å². The Morgan fingerprint density at radius 2 is 2.05 bits per heavy atom. The lowest BCUT2D eigenvalue weighted by Crippen LogP contribution is -2.18. The van der Waals surface area contributed by atoms with Gasteiger partial charge in [-0.05, 0) is 55.9 Å².